The highest BCUT2D eigenvalue weighted by atomic mass is 19.1. The van der Waals surface area contributed by atoms with Crippen LogP contribution in [0.2, 0.25) is 0 Å². The van der Waals surface area contributed by atoms with Gasteiger partial charge in [0.15, 0.2) is 6.61 Å². The van der Waals surface area contributed by atoms with Gasteiger partial charge < -0.3 is 20.1 Å². The van der Waals surface area contributed by atoms with Crippen molar-refractivity contribution in [2.24, 2.45) is 0 Å². The minimum atomic E-state index is -0.680. The average Bonchev–Trinajstić information content (AvgIpc) is 2.67. The smallest absolute Gasteiger partial charge is 0.337 e. The molecule has 1 aliphatic rings. The summed E-state index contributed by atoms with van der Waals surface area (Å²) in [5.74, 6) is -1.47. The van der Waals surface area contributed by atoms with Crippen molar-refractivity contribution in [3.8, 4) is 5.75 Å². The molecule has 0 saturated carbocycles. The van der Waals surface area contributed by atoms with Gasteiger partial charge >= 0.3 is 5.97 Å². The van der Waals surface area contributed by atoms with Crippen LogP contribution in [0.5, 0.6) is 5.75 Å². The van der Waals surface area contributed by atoms with Crippen LogP contribution in [0.4, 0.5) is 15.8 Å². The lowest BCUT2D eigenvalue weighted by Gasteiger charge is -2.17. The number of fused-ring (bicyclic) bond motifs is 1. The highest BCUT2D eigenvalue weighted by molar-refractivity contribution is 5.95. The molecule has 140 valence electrons. The van der Waals surface area contributed by atoms with E-state index in [9.17, 15) is 18.8 Å². The molecule has 0 atom stereocenters. The van der Waals surface area contributed by atoms with Gasteiger partial charge in [0.05, 0.1) is 18.4 Å². The number of anilines is 2. The minimum absolute atomic E-state index is 0.0354. The number of benzene rings is 2. The maximum Gasteiger partial charge on any atom is 0.337 e. The number of aryl methyl sites for hydroxylation is 1. The van der Waals surface area contributed by atoms with E-state index < -0.39 is 17.7 Å². The number of rotatable bonds is 5. The van der Waals surface area contributed by atoms with Crippen molar-refractivity contribution >= 4 is 29.2 Å². The van der Waals surface area contributed by atoms with Gasteiger partial charge in [0.2, 0.25) is 5.91 Å². The van der Waals surface area contributed by atoms with Gasteiger partial charge in [-0.1, -0.05) is 0 Å². The van der Waals surface area contributed by atoms with Crippen LogP contribution >= 0.6 is 0 Å². The fraction of sp³-hybridized carbons (Fsp3) is 0.211. The van der Waals surface area contributed by atoms with Crippen LogP contribution in [0.1, 0.15) is 22.3 Å². The number of esters is 1. The van der Waals surface area contributed by atoms with Gasteiger partial charge in [0.1, 0.15) is 11.6 Å². The van der Waals surface area contributed by atoms with E-state index in [-0.39, 0.29) is 23.8 Å². The third-order valence-corrected chi connectivity index (χ3v) is 4.00. The third-order valence-electron chi connectivity index (χ3n) is 4.00. The standard InChI is InChI=1S/C19H17FN2O5/c1-26-19(25)12-2-5-14(20)16(9-12)22-18(24)10-27-13-4-6-15-11(8-13)3-7-17(23)21-15/h2,4-6,8-9H,3,7,10H2,1H3,(H,21,23)(H,22,24). The van der Waals surface area contributed by atoms with E-state index in [0.29, 0.717) is 18.6 Å². The first-order valence-electron chi connectivity index (χ1n) is 8.19. The Hall–Kier alpha value is -3.42. The van der Waals surface area contributed by atoms with Crippen LogP contribution < -0.4 is 15.4 Å². The largest absolute Gasteiger partial charge is 0.484 e. The van der Waals surface area contributed by atoms with Gasteiger partial charge in [-0.3, -0.25) is 9.59 Å². The summed E-state index contributed by atoms with van der Waals surface area (Å²) >= 11 is 0. The number of hydrogen-bond donors (Lipinski definition) is 2. The molecule has 2 aromatic carbocycles. The maximum absolute atomic E-state index is 13.8. The van der Waals surface area contributed by atoms with Crippen molar-refractivity contribution in [1.29, 1.82) is 0 Å². The van der Waals surface area contributed by atoms with Crippen molar-refractivity contribution in [2.45, 2.75) is 12.8 Å². The quantitative estimate of drug-likeness (QED) is 0.787. The second kappa shape index (κ2) is 7.86. The zero-order valence-electron chi connectivity index (χ0n) is 14.5. The summed E-state index contributed by atoms with van der Waals surface area (Å²) in [5.41, 5.74) is 1.63. The van der Waals surface area contributed by atoms with Crippen molar-refractivity contribution in [1.82, 2.24) is 0 Å². The van der Waals surface area contributed by atoms with E-state index in [2.05, 4.69) is 15.4 Å². The third kappa shape index (κ3) is 4.41. The average molecular weight is 372 g/mol. The van der Waals surface area contributed by atoms with Crippen molar-refractivity contribution < 1.29 is 28.2 Å². The van der Waals surface area contributed by atoms with Gasteiger partial charge in [-0.25, -0.2) is 9.18 Å². The topological polar surface area (TPSA) is 93.7 Å². The van der Waals surface area contributed by atoms with Gasteiger partial charge in [0, 0.05) is 12.1 Å². The van der Waals surface area contributed by atoms with E-state index in [1.165, 1.54) is 19.2 Å². The molecule has 0 radical (unpaired) electrons. The van der Waals surface area contributed by atoms with Crippen molar-refractivity contribution in [3.05, 3.63) is 53.3 Å². The Balaban J connectivity index is 1.62. The summed E-state index contributed by atoms with van der Waals surface area (Å²) in [6.45, 7) is -0.340. The highest BCUT2D eigenvalue weighted by Crippen LogP contribution is 2.26. The van der Waals surface area contributed by atoms with Gasteiger partial charge in [0.25, 0.3) is 5.91 Å². The molecule has 2 amide bonds. The number of hydrogen-bond acceptors (Lipinski definition) is 5. The van der Waals surface area contributed by atoms with Crippen LogP contribution in [-0.4, -0.2) is 31.5 Å². The number of nitrogens with one attached hydrogen (secondary N) is 2. The Morgan fingerprint density at radius 3 is 2.78 bits per heavy atom. The number of amides is 2. The Kier molecular flexibility index (Phi) is 5.35. The fourth-order valence-electron chi connectivity index (χ4n) is 2.65. The van der Waals surface area contributed by atoms with Gasteiger partial charge in [-0.05, 0) is 48.4 Å². The Labute approximate surface area is 154 Å². The number of carbonyl (C=O) groups is 3. The van der Waals surface area contributed by atoms with Crippen LogP contribution in [0.15, 0.2) is 36.4 Å². The Morgan fingerprint density at radius 1 is 1.19 bits per heavy atom. The van der Waals surface area contributed by atoms with Crippen LogP contribution in [0.25, 0.3) is 0 Å². The lowest BCUT2D eigenvalue weighted by molar-refractivity contribution is -0.118. The molecule has 0 fully saturated rings. The Morgan fingerprint density at radius 2 is 2.00 bits per heavy atom. The van der Waals surface area contributed by atoms with E-state index in [4.69, 9.17) is 4.74 Å². The lowest BCUT2D eigenvalue weighted by atomic mass is 10.0. The predicted molar refractivity (Wildman–Crippen MR) is 95.3 cm³/mol. The zero-order valence-corrected chi connectivity index (χ0v) is 14.5. The summed E-state index contributed by atoms with van der Waals surface area (Å²) in [7, 11) is 1.21. The van der Waals surface area contributed by atoms with E-state index >= 15 is 0 Å². The van der Waals surface area contributed by atoms with Crippen LogP contribution in [0.3, 0.4) is 0 Å². The molecule has 8 heteroatoms. The summed E-state index contributed by atoms with van der Waals surface area (Å²) in [6.07, 6.45) is 0.989. The molecule has 0 aromatic heterocycles. The van der Waals surface area contributed by atoms with E-state index in [0.717, 1.165) is 17.3 Å². The van der Waals surface area contributed by atoms with E-state index in [1.807, 2.05) is 0 Å². The van der Waals surface area contributed by atoms with Gasteiger partial charge in [-0.2, -0.15) is 0 Å². The number of halogens is 1. The summed E-state index contributed by atoms with van der Waals surface area (Å²) in [6, 6.07) is 8.62. The summed E-state index contributed by atoms with van der Waals surface area (Å²) in [5, 5.41) is 5.12. The molecule has 0 bridgehead atoms. The molecular weight excluding hydrogens is 355 g/mol. The molecular formula is C19H17FN2O5. The maximum atomic E-state index is 13.8. The molecule has 27 heavy (non-hydrogen) atoms. The van der Waals surface area contributed by atoms with Crippen molar-refractivity contribution in [2.75, 3.05) is 24.4 Å². The Bertz CT molecular complexity index is 913. The number of methoxy groups -OCH3 is 1. The second-order valence-corrected chi connectivity index (χ2v) is 5.89. The molecule has 0 saturated heterocycles. The number of carbonyl (C=O) groups excluding carboxylic acids is 3. The highest BCUT2D eigenvalue weighted by Gasteiger charge is 2.16. The van der Waals surface area contributed by atoms with Crippen molar-refractivity contribution in [3.63, 3.8) is 0 Å². The zero-order chi connectivity index (χ0) is 19.4. The van der Waals surface area contributed by atoms with Gasteiger partial charge in [-0.15, -0.1) is 0 Å². The number of ether oxygens (including phenoxy) is 2. The molecule has 0 unspecified atom stereocenters. The fourth-order valence-corrected chi connectivity index (χ4v) is 2.65. The first-order valence-corrected chi connectivity index (χ1v) is 8.19. The summed E-state index contributed by atoms with van der Waals surface area (Å²) in [4.78, 5) is 34.9. The first kappa shape index (κ1) is 18.4. The molecule has 3 rings (SSSR count). The molecule has 1 heterocycles. The molecule has 0 spiro atoms. The van der Waals surface area contributed by atoms with Crippen LogP contribution in [-0.2, 0) is 20.7 Å². The first-order chi connectivity index (χ1) is 13.0. The molecule has 0 aliphatic carbocycles. The normalized spacial score (nSPS) is 12.6. The second-order valence-electron chi connectivity index (χ2n) is 5.89. The minimum Gasteiger partial charge on any atom is -0.484 e. The van der Waals surface area contributed by atoms with E-state index in [1.54, 1.807) is 18.2 Å². The molecule has 1 aliphatic heterocycles. The lowest BCUT2D eigenvalue weighted by Crippen LogP contribution is -2.22. The van der Waals surface area contributed by atoms with Crippen LogP contribution in [0, 0.1) is 5.82 Å². The molecule has 2 N–H and O–H groups in total. The predicted octanol–water partition coefficient (Wildman–Crippen LogP) is 2.51. The SMILES string of the molecule is COC(=O)c1ccc(F)c(NC(=O)COc2ccc3c(c2)CCC(=O)N3)c1. The summed E-state index contributed by atoms with van der Waals surface area (Å²) < 4.78 is 23.8. The monoisotopic (exact) mass is 372 g/mol. The molecule has 7 nitrogen and oxygen atoms in total. The molecule has 2 aromatic rings.